The average Bonchev–Trinajstić information content (AvgIpc) is 3.01. The Kier molecular flexibility index (Phi) is 5.05. The van der Waals surface area contributed by atoms with E-state index in [0.29, 0.717) is 22.6 Å². The molecular formula is C22H18ClN3O4. The predicted molar refractivity (Wildman–Crippen MR) is 112 cm³/mol. The van der Waals surface area contributed by atoms with E-state index >= 15 is 0 Å². The molecule has 1 aliphatic rings. The van der Waals surface area contributed by atoms with Crippen molar-refractivity contribution < 1.29 is 14.3 Å². The van der Waals surface area contributed by atoms with Gasteiger partial charge in [0.25, 0.3) is 11.5 Å². The van der Waals surface area contributed by atoms with Crippen LogP contribution in [-0.4, -0.2) is 16.5 Å². The number of pyridine rings is 1. The second-order valence-corrected chi connectivity index (χ2v) is 7.41. The van der Waals surface area contributed by atoms with Crippen LogP contribution in [0.2, 0.25) is 5.02 Å². The molecule has 7 nitrogen and oxygen atoms in total. The average molecular weight is 424 g/mol. The van der Waals surface area contributed by atoms with Crippen LogP contribution < -0.4 is 20.9 Å². The number of imide groups is 1. The Hall–Kier alpha value is -3.58. The van der Waals surface area contributed by atoms with Gasteiger partial charge in [-0.05, 0) is 42.8 Å². The zero-order valence-electron chi connectivity index (χ0n) is 16.0. The first-order chi connectivity index (χ1) is 14.4. The summed E-state index contributed by atoms with van der Waals surface area (Å²) >= 11 is 6.43. The highest BCUT2D eigenvalue weighted by molar-refractivity contribution is 6.32. The summed E-state index contributed by atoms with van der Waals surface area (Å²) in [5.74, 6) is 0.452. The van der Waals surface area contributed by atoms with Crippen molar-refractivity contribution in [2.24, 2.45) is 0 Å². The number of amides is 3. The summed E-state index contributed by atoms with van der Waals surface area (Å²) < 4.78 is 7.18. The molecule has 3 aromatic rings. The number of hydrogen-bond donors (Lipinski definition) is 2. The highest BCUT2D eigenvalue weighted by Gasteiger charge is 2.48. The number of aryl methyl sites for hydroxylation is 1. The lowest BCUT2D eigenvalue weighted by Crippen LogP contribution is -2.49. The Balaban J connectivity index is 1.74. The van der Waals surface area contributed by atoms with Crippen LogP contribution >= 0.6 is 11.6 Å². The Morgan fingerprint density at radius 1 is 1.03 bits per heavy atom. The van der Waals surface area contributed by atoms with Gasteiger partial charge in [-0.1, -0.05) is 41.9 Å². The SMILES string of the molecule is Cc1cccn(CC2(c3ccc(Oc4ccccc4)c(Cl)c3)NC(=O)NC2=O)c1=O. The van der Waals surface area contributed by atoms with Crippen molar-refractivity contribution in [2.45, 2.75) is 19.0 Å². The van der Waals surface area contributed by atoms with E-state index in [4.69, 9.17) is 16.3 Å². The van der Waals surface area contributed by atoms with Gasteiger partial charge < -0.3 is 14.6 Å². The first kappa shape index (κ1) is 19.7. The first-order valence-corrected chi connectivity index (χ1v) is 9.59. The molecule has 1 atom stereocenters. The highest BCUT2D eigenvalue weighted by atomic mass is 35.5. The molecule has 1 unspecified atom stereocenters. The van der Waals surface area contributed by atoms with Gasteiger partial charge in [-0.3, -0.25) is 14.9 Å². The third kappa shape index (κ3) is 3.55. The molecule has 0 aliphatic carbocycles. The normalized spacial score (nSPS) is 18.1. The van der Waals surface area contributed by atoms with Crippen molar-refractivity contribution in [3.05, 3.63) is 93.4 Å². The number of carbonyl (C=O) groups excluding carboxylic acids is 2. The van der Waals surface area contributed by atoms with Crippen molar-refractivity contribution >= 4 is 23.5 Å². The van der Waals surface area contributed by atoms with Crippen LogP contribution in [0.15, 0.2) is 71.7 Å². The Labute approximate surface area is 177 Å². The summed E-state index contributed by atoms with van der Waals surface area (Å²) in [6.45, 7) is 1.60. The molecule has 1 saturated heterocycles. The minimum Gasteiger partial charge on any atom is -0.456 e. The number of ether oxygens (including phenoxy) is 1. The van der Waals surface area contributed by atoms with E-state index in [2.05, 4.69) is 10.6 Å². The van der Waals surface area contributed by atoms with Crippen LogP contribution in [0.25, 0.3) is 0 Å². The number of rotatable bonds is 5. The minimum atomic E-state index is -1.48. The molecule has 152 valence electrons. The molecule has 0 bridgehead atoms. The lowest BCUT2D eigenvalue weighted by atomic mass is 9.89. The van der Waals surface area contributed by atoms with Crippen molar-refractivity contribution in [3.8, 4) is 11.5 Å². The van der Waals surface area contributed by atoms with Crippen molar-refractivity contribution in [2.75, 3.05) is 0 Å². The van der Waals surface area contributed by atoms with E-state index in [-0.39, 0.29) is 17.1 Å². The Morgan fingerprint density at radius 3 is 2.47 bits per heavy atom. The molecule has 0 spiro atoms. The molecule has 1 aliphatic heterocycles. The van der Waals surface area contributed by atoms with E-state index < -0.39 is 17.5 Å². The number of para-hydroxylation sites is 1. The Bertz CT molecular complexity index is 1190. The van der Waals surface area contributed by atoms with Gasteiger partial charge in [0.15, 0.2) is 5.54 Å². The fourth-order valence-electron chi connectivity index (χ4n) is 3.40. The third-order valence-corrected chi connectivity index (χ3v) is 5.25. The van der Waals surface area contributed by atoms with Gasteiger partial charge in [0.05, 0.1) is 11.6 Å². The minimum absolute atomic E-state index is 0.0830. The van der Waals surface area contributed by atoms with Crippen LogP contribution in [0.4, 0.5) is 4.79 Å². The largest absolute Gasteiger partial charge is 0.456 e. The molecule has 8 heteroatoms. The molecule has 0 radical (unpaired) electrons. The molecule has 0 saturated carbocycles. The van der Waals surface area contributed by atoms with Gasteiger partial charge in [0, 0.05) is 11.8 Å². The van der Waals surface area contributed by atoms with Gasteiger partial charge in [-0.15, -0.1) is 0 Å². The van der Waals surface area contributed by atoms with E-state index in [9.17, 15) is 14.4 Å². The maximum atomic E-state index is 12.8. The molecular weight excluding hydrogens is 406 g/mol. The van der Waals surface area contributed by atoms with Crippen molar-refractivity contribution in [1.82, 2.24) is 15.2 Å². The van der Waals surface area contributed by atoms with Gasteiger partial charge in [0.2, 0.25) is 0 Å². The molecule has 2 heterocycles. The number of hydrogen-bond acceptors (Lipinski definition) is 4. The van der Waals surface area contributed by atoms with Crippen LogP contribution in [0.3, 0.4) is 0 Å². The number of aromatic nitrogens is 1. The summed E-state index contributed by atoms with van der Waals surface area (Å²) in [5, 5.41) is 5.19. The second-order valence-electron chi connectivity index (χ2n) is 7.00. The summed E-state index contributed by atoms with van der Waals surface area (Å²) in [5.41, 5.74) is -0.767. The summed E-state index contributed by atoms with van der Waals surface area (Å²) in [4.78, 5) is 37.3. The number of carbonyl (C=O) groups is 2. The number of nitrogens with zero attached hydrogens (tertiary/aromatic N) is 1. The molecule has 3 amide bonds. The van der Waals surface area contributed by atoms with Crippen LogP contribution in [0, 0.1) is 6.92 Å². The van der Waals surface area contributed by atoms with Gasteiger partial charge in [-0.2, -0.15) is 0 Å². The molecule has 2 aromatic carbocycles. The van der Waals surface area contributed by atoms with Gasteiger partial charge >= 0.3 is 6.03 Å². The van der Waals surface area contributed by atoms with Crippen LogP contribution in [-0.2, 0) is 16.9 Å². The van der Waals surface area contributed by atoms with Gasteiger partial charge in [-0.25, -0.2) is 4.79 Å². The fraction of sp³-hybridized carbons (Fsp3) is 0.136. The maximum Gasteiger partial charge on any atom is 0.322 e. The molecule has 1 fully saturated rings. The third-order valence-electron chi connectivity index (χ3n) is 4.96. The van der Waals surface area contributed by atoms with Crippen molar-refractivity contribution in [3.63, 3.8) is 0 Å². The fourth-order valence-corrected chi connectivity index (χ4v) is 3.62. The smallest absolute Gasteiger partial charge is 0.322 e. The summed E-state index contributed by atoms with van der Waals surface area (Å²) in [7, 11) is 0. The van der Waals surface area contributed by atoms with Crippen LogP contribution in [0.5, 0.6) is 11.5 Å². The quantitative estimate of drug-likeness (QED) is 0.616. The maximum absolute atomic E-state index is 12.8. The monoisotopic (exact) mass is 423 g/mol. The summed E-state index contributed by atoms with van der Waals surface area (Å²) in [6, 6.07) is 16.7. The number of halogens is 1. The van der Waals surface area contributed by atoms with Gasteiger partial charge in [0.1, 0.15) is 11.5 Å². The number of benzene rings is 2. The number of urea groups is 1. The highest BCUT2D eigenvalue weighted by Crippen LogP contribution is 2.35. The topological polar surface area (TPSA) is 89.4 Å². The van der Waals surface area contributed by atoms with E-state index in [1.807, 2.05) is 18.2 Å². The number of nitrogens with one attached hydrogen (secondary N) is 2. The molecule has 30 heavy (non-hydrogen) atoms. The van der Waals surface area contributed by atoms with E-state index in [1.165, 1.54) is 4.57 Å². The lowest BCUT2D eigenvalue weighted by molar-refractivity contribution is -0.124. The van der Waals surface area contributed by atoms with E-state index in [1.54, 1.807) is 55.6 Å². The first-order valence-electron chi connectivity index (χ1n) is 9.22. The Morgan fingerprint density at radius 2 is 1.80 bits per heavy atom. The molecule has 1 aromatic heterocycles. The lowest BCUT2D eigenvalue weighted by Gasteiger charge is -2.28. The standard InChI is InChI=1S/C22H18ClN3O4/c1-14-6-5-11-26(19(14)27)13-22(20(28)24-21(29)25-22)15-9-10-18(17(23)12-15)30-16-7-3-2-4-8-16/h2-12H,13H2,1H3,(H2,24,25,28,29). The summed E-state index contributed by atoms with van der Waals surface area (Å²) in [6.07, 6.45) is 1.57. The molecule has 4 rings (SSSR count). The second kappa shape index (κ2) is 7.68. The zero-order valence-corrected chi connectivity index (χ0v) is 16.8. The van der Waals surface area contributed by atoms with E-state index in [0.717, 1.165) is 0 Å². The van der Waals surface area contributed by atoms with Crippen LogP contribution in [0.1, 0.15) is 11.1 Å². The zero-order chi connectivity index (χ0) is 21.3. The molecule has 2 N–H and O–H groups in total. The predicted octanol–water partition coefficient (Wildman–Crippen LogP) is 3.34. The van der Waals surface area contributed by atoms with Crippen molar-refractivity contribution in [1.29, 1.82) is 0 Å².